The minimum Gasteiger partial charge on any atom is -0.495 e. The van der Waals surface area contributed by atoms with Gasteiger partial charge in [0.2, 0.25) is 0 Å². The molecule has 1 atom stereocenters. The summed E-state index contributed by atoms with van der Waals surface area (Å²) in [6, 6.07) is 4.38. The molecule has 0 bridgehead atoms. The molecule has 0 saturated carbocycles. The molecule has 1 amide bonds. The molecule has 0 heterocycles. The summed E-state index contributed by atoms with van der Waals surface area (Å²) >= 11 is 5.82. The zero-order valence-electron chi connectivity index (χ0n) is 10.4. The molecule has 0 aromatic heterocycles. The Morgan fingerprint density at radius 1 is 1.47 bits per heavy atom. The number of amides is 1. The summed E-state index contributed by atoms with van der Waals surface area (Å²) in [4.78, 5) is 22.5. The molecule has 0 aliphatic rings. The average Bonchev–Trinajstić information content (AvgIpc) is 2.36. The first-order valence-corrected chi connectivity index (χ1v) is 5.73. The monoisotopic (exact) mass is 287 g/mol. The number of hydrogen-bond donors (Lipinski definition) is 3. The number of carboxylic acid groups (broad SMARTS) is 1. The van der Waals surface area contributed by atoms with Crippen LogP contribution in [0.2, 0.25) is 5.02 Å². The first-order valence-electron chi connectivity index (χ1n) is 5.35. The fraction of sp³-hybridized carbons (Fsp3) is 0.333. The van der Waals surface area contributed by atoms with Crippen LogP contribution in [-0.2, 0) is 4.79 Å². The second-order valence-electron chi connectivity index (χ2n) is 4.11. The number of halogens is 1. The average molecular weight is 288 g/mol. The van der Waals surface area contributed by atoms with Crippen molar-refractivity contribution >= 4 is 23.5 Å². The van der Waals surface area contributed by atoms with Crippen molar-refractivity contribution in [2.24, 2.45) is 0 Å². The molecule has 0 saturated heterocycles. The molecule has 1 aromatic rings. The van der Waals surface area contributed by atoms with Gasteiger partial charge in [0.25, 0.3) is 5.91 Å². The third-order valence-corrected chi connectivity index (χ3v) is 2.78. The van der Waals surface area contributed by atoms with Gasteiger partial charge in [-0.05, 0) is 25.1 Å². The smallest absolute Gasteiger partial charge is 0.337 e. The molecular formula is C12H14ClNO5. The zero-order chi connectivity index (χ0) is 14.6. The SMILES string of the molecule is COc1cc(C(=O)NCC(C)(O)C(=O)O)ccc1Cl. The van der Waals surface area contributed by atoms with Crippen molar-refractivity contribution in [3.8, 4) is 5.75 Å². The van der Waals surface area contributed by atoms with Gasteiger partial charge < -0.3 is 20.3 Å². The van der Waals surface area contributed by atoms with Crippen LogP contribution in [0.5, 0.6) is 5.75 Å². The van der Waals surface area contributed by atoms with Gasteiger partial charge in [0.1, 0.15) is 5.75 Å². The highest BCUT2D eigenvalue weighted by Gasteiger charge is 2.30. The fourth-order valence-electron chi connectivity index (χ4n) is 1.23. The van der Waals surface area contributed by atoms with Crippen molar-refractivity contribution in [2.75, 3.05) is 13.7 Å². The van der Waals surface area contributed by atoms with E-state index in [0.717, 1.165) is 6.92 Å². The number of carbonyl (C=O) groups excluding carboxylic acids is 1. The van der Waals surface area contributed by atoms with E-state index in [0.29, 0.717) is 10.8 Å². The number of nitrogens with one attached hydrogen (secondary N) is 1. The molecule has 0 radical (unpaired) electrons. The summed E-state index contributed by atoms with van der Waals surface area (Å²) in [6.07, 6.45) is 0. The lowest BCUT2D eigenvalue weighted by Gasteiger charge is -2.18. The Bertz CT molecular complexity index is 501. The van der Waals surface area contributed by atoms with Crippen molar-refractivity contribution in [1.82, 2.24) is 5.32 Å². The van der Waals surface area contributed by atoms with Gasteiger partial charge in [-0.3, -0.25) is 4.79 Å². The summed E-state index contributed by atoms with van der Waals surface area (Å²) in [6.45, 7) is 0.685. The third kappa shape index (κ3) is 3.84. The lowest BCUT2D eigenvalue weighted by atomic mass is 10.1. The van der Waals surface area contributed by atoms with E-state index in [1.807, 2.05) is 0 Å². The minimum absolute atomic E-state index is 0.252. The van der Waals surface area contributed by atoms with Gasteiger partial charge >= 0.3 is 5.97 Å². The third-order valence-electron chi connectivity index (χ3n) is 2.47. The molecule has 104 valence electrons. The van der Waals surface area contributed by atoms with Gasteiger partial charge in [-0.1, -0.05) is 11.6 Å². The Morgan fingerprint density at radius 2 is 2.11 bits per heavy atom. The summed E-state index contributed by atoms with van der Waals surface area (Å²) in [5.74, 6) is -1.61. The molecule has 0 aliphatic heterocycles. The Hall–Kier alpha value is -1.79. The van der Waals surface area contributed by atoms with E-state index in [-0.39, 0.29) is 5.56 Å². The molecule has 6 nitrogen and oxygen atoms in total. The van der Waals surface area contributed by atoms with Crippen molar-refractivity contribution in [2.45, 2.75) is 12.5 Å². The number of methoxy groups -OCH3 is 1. The molecule has 1 unspecified atom stereocenters. The van der Waals surface area contributed by atoms with Gasteiger partial charge in [0.15, 0.2) is 5.60 Å². The van der Waals surface area contributed by atoms with Gasteiger partial charge in [-0.25, -0.2) is 4.79 Å². The molecule has 0 spiro atoms. The van der Waals surface area contributed by atoms with Crippen molar-refractivity contribution in [1.29, 1.82) is 0 Å². The molecule has 19 heavy (non-hydrogen) atoms. The number of aliphatic carboxylic acids is 1. The normalized spacial score (nSPS) is 13.5. The van der Waals surface area contributed by atoms with Crippen LogP contribution >= 0.6 is 11.6 Å². The Labute approximate surface area is 114 Å². The highest BCUT2D eigenvalue weighted by atomic mass is 35.5. The summed E-state index contributed by atoms with van der Waals surface area (Å²) in [5, 5.41) is 20.9. The van der Waals surface area contributed by atoms with E-state index in [9.17, 15) is 14.7 Å². The fourth-order valence-corrected chi connectivity index (χ4v) is 1.43. The van der Waals surface area contributed by atoms with Gasteiger partial charge in [0.05, 0.1) is 18.7 Å². The zero-order valence-corrected chi connectivity index (χ0v) is 11.2. The van der Waals surface area contributed by atoms with E-state index in [2.05, 4.69) is 5.32 Å². The van der Waals surface area contributed by atoms with E-state index in [1.165, 1.54) is 25.3 Å². The van der Waals surface area contributed by atoms with E-state index in [4.69, 9.17) is 21.4 Å². The van der Waals surface area contributed by atoms with Gasteiger partial charge in [-0.2, -0.15) is 0 Å². The maximum absolute atomic E-state index is 11.8. The number of benzene rings is 1. The number of rotatable bonds is 5. The van der Waals surface area contributed by atoms with Crippen LogP contribution in [0.1, 0.15) is 17.3 Å². The number of aliphatic hydroxyl groups is 1. The van der Waals surface area contributed by atoms with Crippen molar-refractivity contribution in [3.63, 3.8) is 0 Å². The summed E-state index contributed by atoms with van der Waals surface area (Å²) < 4.78 is 4.96. The predicted molar refractivity (Wildman–Crippen MR) is 68.6 cm³/mol. The van der Waals surface area contributed by atoms with Crippen LogP contribution in [0, 0.1) is 0 Å². The van der Waals surface area contributed by atoms with Crippen LogP contribution in [-0.4, -0.2) is 41.3 Å². The quantitative estimate of drug-likeness (QED) is 0.748. The molecule has 1 aromatic carbocycles. The van der Waals surface area contributed by atoms with Gasteiger partial charge in [-0.15, -0.1) is 0 Å². The number of carboxylic acids is 1. The highest BCUT2D eigenvalue weighted by Crippen LogP contribution is 2.24. The molecule has 0 aliphatic carbocycles. The number of ether oxygens (including phenoxy) is 1. The Kier molecular flexibility index (Phi) is 4.74. The van der Waals surface area contributed by atoms with Crippen LogP contribution in [0.15, 0.2) is 18.2 Å². The van der Waals surface area contributed by atoms with Crippen LogP contribution in [0.25, 0.3) is 0 Å². The molecule has 0 fully saturated rings. The standard InChI is InChI=1S/C12H14ClNO5/c1-12(18,11(16)17)6-14-10(15)7-3-4-8(13)9(5-7)19-2/h3-5,18H,6H2,1-2H3,(H,14,15)(H,16,17). The first kappa shape index (κ1) is 15.3. The molecule has 7 heteroatoms. The number of hydrogen-bond acceptors (Lipinski definition) is 4. The first-order chi connectivity index (χ1) is 8.77. The van der Waals surface area contributed by atoms with Crippen LogP contribution in [0.3, 0.4) is 0 Å². The summed E-state index contributed by atoms with van der Waals surface area (Å²) in [5.41, 5.74) is -1.77. The van der Waals surface area contributed by atoms with Crippen LogP contribution in [0.4, 0.5) is 0 Å². The van der Waals surface area contributed by atoms with E-state index in [1.54, 1.807) is 0 Å². The lowest BCUT2D eigenvalue weighted by molar-refractivity contribution is -0.155. The maximum atomic E-state index is 11.8. The van der Waals surface area contributed by atoms with Gasteiger partial charge in [0, 0.05) is 5.56 Å². The predicted octanol–water partition coefficient (Wildman–Crippen LogP) is 0.914. The lowest BCUT2D eigenvalue weighted by Crippen LogP contribution is -2.46. The van der Waals surface area contributed by atoms with E-state index >= 15 is 0 Å². The molecule has 3 N–H and O–H groups in total. The second-order valence-corrected chi connectivity index (χ2v) is 4.52. The van der Waals surface area contributed by atoms with Crippen LogP contribution < -0.4 is 10.1 Å². The second kappa shape index (κ2) is 5.90. The van der Waals surface area contributed by atoms with Crippen molar-refractivity contribution < 1.29 is 24.5 Å². The van der Waals surface area contributed by atoms with Crippen molar-refractivity contribution in [3.05, 3.63) is 28.8 Å². The topological polar surface area (TPSA) is 95.9 Å². The van der Waals surface area contributed by atoms with E-state index < -0.39 is 24.0 Å². The number of carbonyl (C=O) groups is 2. The summed E-state index contributed by atoms with van der Waals surface area (Å²) in [7, 11) is 1.41. The molecular weight excluding hydrogens is 274 g/mol. The minimum atomic E-state index is -2.02. The molecule has 1 rings (SSSR count). The Balaban J connectivity index is 2.77. The largest absolute Gasteiger partial charge is 0.495 e. The Morgan fingerprint density at radius 3 is 2.63 bits per heavy atom. The highest BCUT2D eigenvalue weighted by molar-refractivity contribution is 6.32. The maximum Gasteiger partial charge on any atom is 0.337 e.